The number of nitrogens with zero attached hydrogens (tertiary/aromatic N) is 3. The lowest BCUT2D eigenvalue weighted by molar-refractivity contribution is -0.198. The fraction of sp³-hybridized carbons (Fsp3) is 0.450. The summed E-state index contributed by atoms with van der Waals surface area (Å²) < 4.78 is 23.7. The lowest BCUT2D eigenvalue weighted by Crippen LogP contribution is -2.31. The number of hydrogen-bond donors (Lipinski definition) is 3. The Balaban J connectivity index is 1.69. The Morgan fingerprint density at radius 3 is 2.64 bits per heavy atom. The quantitative estimate of drug-likeness (QED) is 0.421. The number of aliphatic hydroxyl groups excluding tert-OH is 1. The number of carbonyl (C=O) groups excluding carboxylic acids is 2. The number of rotatable bonds is 5. The standard InChI is InChI=1S/C20H24N5O6PS/c1-20(2)30-13-11(9-26)29-18(14(13)31-20)25-16(12(15(21)27)24-32-25)22-19(33-3)23-17(28)10-7-5-4-6-8-10/h4-8,11,13-14,18,26H,9H2,1-3H3,(H2,21,27)(H,22,23,28). The summed E-state index contributed by atoms with van der Waals surface area (Å²) in [5, 5.41) is 12.8. The van der Waals surface area contributed by atoms with Crippen molar-refractivity contribution in [3.63, 3.8) is 0 Å². The molecule has 13 heteroatoms. The van der Waals surface area contributed by atoms with Crippen LogP contribution in [0.15, 0.2) is 35.3 Å². The van der Waals surface area contributed by atoms with E-state index in [1.807, 2.05) is 6.07 Å². The van der Waals surface area contributed by atoms with Gasteiger partial charge in [0.1, 0.15) is 26.8 Å². The number of aromatic nitrogens is 2. The Morgan fingerprint density at radius 1 is 1.30 bits per heavy atom. The van der Waals surface area contributed by atoms with Crippen LogP contribution in [0.4, 0.5) is 5.82 Å². The van der Waals surface area contributed by atoms with Crippen molar-refractivity contribution in [3.8, 4) is 0 Å². The topological polar surface area (TPSA) is 150 Å². The summed E-state index contributed by atoms with van der Waals surface area (Å²) in [4.78, 5) is 29.2. The summed E-state index contributed by atoms with van der Waals surface area (Å²) in [6.07, 6.45) is -0.705. The lowest BCUT2D eigenvalue weighted by atomic mass is 10.1. The zero-order chi connectivity index (χ0) is 23.8. The summed E-state index contributed by atoms with van der Waals surface area (Å²) in [5.74, 6) is -1.85. The van der Waals surface area contributed by atoms with Crippen molar-refractivity contribution in [2.24, 2.45) is 10.7 Å². The lowest BCUT2D eigenvalue weighted by Gasteiger charge is -2.24. The zero-order valence-electron chi connectivity index (χ0n) is 18.2. The molecule has 3 heterocycles. The van der Waals surface area contributed by atoms with E-state index in [4.69, 9.17) is 19.9 Å². The van der Waals surface area contributed by atoms with E-state index in [9.17, 15) is 14.7 Å². The second kappa shape index (κ2) is 9.49. The second-order valence-corrected chi connectivity index (χ2v) is 9.43. The maximum atomic E-state index is 12.6. The highest BCUT2D eigenvalue weighted by molar-refractivity contribution is 8.13. The number of amides is 2. The molecule has 4 atom stereocenters. The van der Waals surface area contributed by atoms with Crippen LogP contribution in [0.3, 0.4) is 0 Å². The minimum Gasteiger partial charge on any atom is -0.394 e. The van der Waals surface area contributed by atoms with Crippen LogP contribution in [0.5, 0.6) is 0 Å². The predicted molar refractivity (Wildman–Crippen MR) is 123 cm³/mol. The maximum Gasteiger partial charge on any atom is 0.271 e. The molecule has 33 heavy (non-hydrogen) atoms. The predicted octanol–water partition coefficient (Wildman–Crippen LogP) is 1.75. The van der Waals surface area contributed by atoms with Crippen LogP contribution >= 0.6 is 20.3 Å². The largest absolute Gasteiger partial charge is 0.394 e. The number of primary amides is 1. The third-order valence-electron chi connectivity index (χ3n) is 5.11. The third-order valence-corrected chi connectivity index (χ3v) is 6.59. The monoisotopic (exact) mass is 493 g/mol. The van der Waals surface area contributed by atoms with E-state index in [-0.39, 0.29) is 29.2 Å². The third kappa shape index (κ3) is 4.81. The van der Waals surface area contributed by atoms with Gasteiger partial charge in [-0.05, 0) is 32.2 Å². The Kier molecular flexibility index (Phi) is 6.85. The van der Waals surface area contributed by atoms with E-state index < -0.39 is 36.2 Å². The molecule has 1 aromatic heterocycles. The van der Waals surface area contributed by atoms with Crippen molar-refractivity contribution in [1.29, 1.82) is 0 Å². The normalized spacial score (nSPS) is 26.5. The number of nitrogens with two attached hydrogens (primary N) is 1. The highest BCUT2D eigenvalue weighted by Crippen LogP contribution is 2.45. The van der Waals surface area contributed by atoms with Gasteiger partial charge >= 0.3 is 0 Å². The summed E-state index contributed by atoms with van der Waals surface area (Å²) in [6.45, 7) is 3.28. The summed E-state index contributed by atoms with van der Waals surface area (Å²) in [5.41, 5.74) is 5.95. The molecule has 2 aromatic rings. The van der Waals surface area contributed by atoms with Gasteiger partial charge in [0.15, 0.2) is 28.7 Å². The summed E-state index contributed by atoms with van der Waals surface area (Å²) >= 11 is 1.19. The second-order valence-electron chi connectivity index (χ2n) is 7.82. The zero-order valence-corrected chi connectivity index (χ0v) is 19.9. The van der Waals surface area contributed by atoms with Gasteiger partial charge in [0.05, 0.1) is 6.61 Å². The molecule has 4 N–H and O–H groups in total. The van der Waals surface area contributed by atoms with Gasteiger partial charge in [-0.2, -0.15) is 0 Å². The van der Waals surface area contributed by atoms with Gasteiger partial charge in [-0.1, -0.05) is 30.0 Å². The van der Waals surface area contributed by atoms with Gasteiger partial charge in [0, 0.05) is 5.56 Å². The molecule has 0 aliphatic carbocycles. The molecule has 1 aromatic carbocycles. The van der Waals surface area contributed by atoms with Gasteiger partial charge in [0.25, 0.3) is 11.8 Å². The van der Waals surface area contributed by atoms with Crippen molar-refractivity contribution < 1.29 is 28.9 Å². The van der Waals surface area contributed by atoms with Crippen molar-refractivity contribution in [1.82, 2.24) is 14.4 Å². The number of fused-ring (bicyclic) bond motifs is 1. The number of aliphatic imine (C=N–C) groups is 1. The first-order chi connectivity index (χ1) is 15.7. The van der Waals surface area contributed by atoms with E-state index in [0.29, 0.717) is 14.1 Å². The molecule has 0 radical (unpaired) electrons. The van der Waals surface area contributed by atoms with Crippen molar-refractivity contribution in [2.45, 2.75) is 44.2 Å². The molecule has 0 bridgehead atoms. The Bertz CT molecular complexity index is 1080. The van der Waals surface area contributed by atoms with E-state index in [1.54, 1.807) is 48.7 Å². The van der Waals surface area contributed by atoms with Crippen LogP contribution in [-0.2, 0) is 14.2 Å². The SMILES string of the molecule is CSC(=Nc1c(C(N)=O)npn1C1OC(CO)C2OC(C)(C)OC21)NC(=O)c1ccccc1. The molecule has 2 amide bonds. The van der Waals surface area contributed by atoms with Gasteiger partial charge in [-0.25, -0.2) is 9.74 Å². The first kappa shape index (κ1) is 23.8. The molecule has 2 fully saturated rings. The van der Waals surface area contributed by atoms with Crippen LogP contribution in [0, 0.1) is 0 Å². The average Bonchev–Trinajstić information content (AvgIpc) is 3.44. The van der Waals surface area contributed by atoms with Crippen LogP contribution in [0.2, 0.25) is 0 Å². The van der Waals surface area contributed by atoms with Crippen molar-refractivity contribution in [3.05, 3.63) is 41.6 Å². The van der Waals surface area contributed by atoms with Crippen LogP contribution in [-0.4, -0.2) is 68.1 Å². The number of thioether (sulfide) groups is 1. The number of carbonyl (C=O) groups is 2. The van der Waals surface area contributed by atoms with E-state index in [0.717, 1.165) is 0 Å². The fourth-order valence-electron chi connectivity index (χ4n) is 3.71. The molecular weight excluding hydrogens is 469 g/mol. The number of nitrogens with one attached hydrogen (secondary N) is 1. The van der Waals surface area contributed by atoms with Crippen LogP contribution in [0.1, 0.15) is 40.9 Å². The highest BCUT2D eigenvalue weighted by atomic mass is 32.2. The van der Waals surface area contributed by atoms with Crippen molar-refractivity contribution in [2.75, 3.05) is 12.9 Å². The van der Waals surface area contributed by atoms with Gasteiger partial charge < -0.3 is 30.4 Å². The van der Waals surface area contributed by atoms with Gasteiger partial charge in [-0.15, -0.1) is 0 Å². The smallest absolute Gasteiger partial charge is 0.271 e. The minimum absolute atomic E-state index is 0.0528. The molecule has 176 valence electrons. The fourth-order valence-corrected chi connectivity index (χ4v) is 4.96. The first-order valence-corrected chi connectivity index (χ1v) is 12.1. The highest BCUT2D eigenvalue weighted by Gasteiger charge is 2.56. The van der Waals surface area contributed by atoms with Gasteiger partial charge in [0.2, 0.25) is 0 Å². The molecule has 2 aliphatic heterocycles. The number of benzene rings is 1. The average molecular weight is 493 g/mol. The summed E-state index contributed by atoms with van der Waals surface area (Å²) in [7, 11) is 0.337. The summed E-state index contributed by atoms with van der Waals surface area (Å²) in [6, 6.07) is 8.68. The molecule has 0 spiro atoms. The molecule has 0 saturated carbocycles. The number of amidine groups is 1. The number of aliphatic hydroxyl groups is 1. The first-order valence-electron chi connectivity index (χ1n) is 10.1. The van der Waals surface area contributed by atoms with Crippen LogP contribution in [0.25, 0.3) is 0 Å². The molecular formula is C20H24N5O6PS. The van der Waals surface area contributed by atoms with Gasteiger partial charge in [-0.3, -0.25) is 13.9 Å². The molecule has 2 saturated heterocycles. The maximum absolute atomic E-state index is 12.6. The Morgan fingerprint density at radius 2 is 2.00 bits per heavy atom. The van der Waals surface area contributed by atoms with Crippen molar-refractivity contribution >= 4 is 43.1 Å². The Labute approximate surface area is 195 Å². The van der Waals surface area contributed by atoms with E-state index in [2.05, 4.69) is 15.1 Å². The number of ether oxygens (including phenoxy) is 3. The minimum atomic E-state index is -0.869. The molecule has 11 nitrogen and oxygen atoms in total. The van der Waals surface area contributed by atoms with E-state index >= 15 is 0 Å². The molecule has 4 unspecified atom stereocenters. The Hall–Kier alpha value is -2.34. The number of hydrogen-bond acceptors (Lipinski definition) is 9. The molecule has 2 aliphatic rings. The van der Waals surface area contributed by atoms with Crippen LogP contribution < -0.4 is 11.1 Å². The van der Waals surface area contributed by atoms with E-state index in [1.165, 1.54) is 11.8 Å². The molecule has 4 rings (SSSR count).